The molecule has 2 nitrogen and oxygen atoms in total. The van der Waals surface area contributed by atoms with Crippen LogP contribution in [0.2, 0.25) is 0 Å². The van der Waals surface area contributed by atoms with Gasteiger partial charge in [-0.2, -0.15) is 0 Å². The summed E-state index contributed by atoms with van der Waals surface area (Å²) in [5.41, 5.74) is 2.33. The molecular formula is C20H27NO. The molecule has 0 heterocycles. The highest BCUT2D eigenvalue weighted by Gasteiger charge is 2.12. The first-order valence-corrected chi connectivity index (χ1v) is 8.30. The Hall–Kier alpha value is -1.64. The Morgan fingerprint density at radius 2 is 1.59 bits per heavy atom. The third-order valence-electron chi connectivity index (χ3n) is 4.02. The summed E-state index contributed by atoms with van der Waals surface area (Å²) in [7, 11) is 0. The van der Waals surface area contributed by atoms with E-state index in [9.17, 15) is 5.11 Å². The summed E-state index contributed by atoms with van der Waals surface area (Å²) in [6, 6.07) is 20.9. The SMILES string of the molecule is CCCC[C@H](Cc1ccccc1)NC[C@H](O)c1ccccc1. The molecule has 2 aromatic carbocycles. The number of benzene rings is 2. The zero-order valence-corrected chi connectivity index (χ0v) is 13.4. The lowest BCUT2D eigenvalue weighted by Crippen LogP contribution is -2.34. The fourth-order valence-electron chi connectivity index (χ4n) is 2.70. The van der Waals surface area contributed by atoms with Crippen molar-refractivity contribution in [3.8, 4) is 0 Å². The second kappa shape index (κ2) is 9.39. The predicted molar refractivity (Wildman–Crippen MR) is 92.9 cm³/mol. The molecule has 0 aliphatic heterocycles. The molecule has 2 aromatic rings. The maximum Gasteiger partial charge on any atom is 0.0914 e. The Bertz CT molecular complexity index is 512. The molecule has 0 saturated carbocycles. The number of hydrogen-bond acceptors (Lipinski definition) is 2. The van der Waals surface area contributed by atoms with Gasteiger partial charge in [0, 0.05) is 12.6 Å². The second-order valence-corrected chi connectivity index (χ2v) is 5.86. The van der Waals surface area contributed by atoms with Crippen molar-refractivity contribution >= 4 is 0 Å². The van der Waals surface area contributed by atoms with Crippen LogP contribution in [0.1, 0.15) is 43.4 Å². The van der Waals surface area contributed by atoms with Crippen LogP contribution >= 0.6 is 0 Å². The standard InChI is InChI=1S/C20H27NO/c1-2-3-14-19(15-17-10-6-4-7-11-17)21-16-20(22)18-12-8-5-9-13-18/h4-13,19-22H,2-3,14-16H2,1H3/t19-,20+/m1/s1. The van der Waals surface area contributed by atoms with E-state index in [1.165, 1.54) is 18.4 Å². The molecule has 2 atom stereocenters. The quantitative estimate of drug-likeness (QED) is 0.730. The van der Waals surface area contributed by atoms with E-state index in [1.54, 1.807) is 0 Å². The van der Waals surface area contributed by atoms with Gasteiger partial charge in [0.05, 0.1) is 6.10 Å². The molecule has 0 saturated heterocycles. The minimum atomic E-state index is -0.443. The highest BCUT2D eigenvalue weighted by atomic mass is 16.3. The van der Waals surface area contributed by atoms with Crippen molar-refractivity contribution in [2.45, 2.75) is 44.8 Å². The minimum Gasteiger partial charge on any atom is -0.387 e. The summed E-state index contributed by atoms with van der Waals surface area (Å²) in [5, 5.41) is 13.8. The van der Waals surface area contributed by atoms with Crippen molar-refractivity contribution in [1.82, 2.24) is 5.32 Å². The van der Waals surface area contributed by atoms with Gasteiger partial charge in [0.2, 0.25) is 0 Å². The van der Waals surface area contributed by atoms with E-state index >= 15 is 0 Å². The predicted octanol–water partition coefficient (Wildman–Crippen LogP) is 4.11. The molecule has 0 spiro atoms. The van der Waals surface area contributed by atoms with Gasteiger partial charge < -0.3 is 10.4 Å². The third kappa shape index (κ3) is 5.63. The Morgan fingerprint density at radius 3 is 2.23 bits per heavy atom. The van der Waals surface area contributed by atoms with Gasteiger partial charge in [0.1, 0.15) is 0 Å². The van der Waals surface area contributed by atoms with E-state index in [0.29, 0.717) is 12.6 Å². The second-order valence-electron chi connectivity index (χ2n) is 5.86. The molecule has 2 N–H and O–H groups in total. The Labute approximate surface area is 134 Å². The van der Waals surface area contributed by atoms with E-state index < -0.39 is 6.10 Å². The molecule has 22 heavy (non-hydrogen) atoms. The van der Waals surface area contributed by atoms with Crippen LogP contribution in [0.15, 0.2) is 60.7 Å². The first-order chi connectivity index (χ1) is 10.8. The molecule has 2 heteroatoms. The van der Waals surface area contributed by atoms with Gasteiger partial charge in [-0.15, -0.1) is 0 Å². The summed E-state index contributed by atoms with van der Waals surface area (Å²) in [5.74, 6) is 0. The number of aliphatic hydroxyl groups is 1. The van der Waals surface area contributed by atoms with E-state index in [2.05, 4.69) is 42.6 Å². The summed E-state index contributed by atoms with van der Waals surface area (Å²) < 4.78 is 0. The molecule has 0 bridgehead atoms. The van der Waals surface area contributed by atoms with E-state index in [1.807, 2.05) is 30.3 Å². The van der Waals surface area contributed by atoms with E-state index in [4.69, 9.17) is 0 Å². The summed E-state index contributed by atoms with van der Waals surface area (Å²) in [6.07, 6.45) is 4.14. The number of nitrogens with one attached hydrogen (secondary N) is 1. The topological polar surface area (TPSA) is 32.3 Å². The van der Waals surface area contributed by atoms with Crippen LogP contribution in [0.25, 0.3) is 0 Å². The lowest BCUT2D eigenvalue weighted by Gasteiger charge is -2.21. The highest BCUT2D eigenvalue weighted by Crippen LogP contribution is 2.13. The number of rotatable bonds is 9. The molecule has 0 amide bonds. The van der Waals surface area contributed by atoms with Gasteiger partial charge in [-0.1, -0.05) is 80.4 Å². The van der Waals surface area contributed by atoms with Crippen molar-refractivity contribution in [1.29, 1.82) is 0 Å². The van der Waals surface area contributed by atoms with Crippen LogP contribution in [-0.4, -0.2) is 17.7 Å². The summed E-state index contributed by atoms with van der Waals surface area (Å²) >= 11 is 0. The first-order valence-electron chi connectivity index (χ1n) is 8.30. The molecule has 0 aliphatic carbocycles. The monoisotopic (exact) mass is 297 g/mol. The molecule has 0 radical (unpaired) electrons. The van der Waals surface area contributed by atoms with Crippen LogP contribution in [0.3, 0.4) is 0 Å². The number of aliphatic hydroxyl groups excluding tert-OH is 1. The Balaban J connectivity index is 1.89. The van der Waals surface area contributed by atoms with Crippen LogP contribution in [0.4, 0.5) is 0 Å². The number of unbranched alkanes of at least 4 members (excludes halogenated alkanes) is 1. The fraction of sp³-hybridized carbons (Fsp3) is 0.400. The van der Waals surface area contributed by atoms with Crippen molar-refractivity contribution in [2.24, 2.45) is 0 Å². The maximum absolute atomic E-state index is 10.3. The molecule has 0 aromatic heterocycles. The molecule has 118 valence electrons. The summed E-state index contributed by atoms with van der Waals surface area (Å²) in [4.78, 5) is 0. The van der Waals surface area contributed by atoms with Gasteiger partial charge in [0.25, 0.3) is 0 Å². The Morgan fingerprint density at radius 1 is 0.955 bits per heavy atom. The van der Waals surface area contributed by atoms with Crippen molar-refractivity contribution in [2.75, 3.05) is 6.54 Å². The average molecular weight is 297 g/mol. The molecule has 0 unspecified atom stereocenters. The zero-order chi connectivity index (χ0) is 15.6. The summed E-state index contributed by atoms with van der Waals surface area (Å²) in [6.45, 7) is 2.82. The third-order valence-corrected chi connectivity index (χ3v) is 4.02. The van der Waals surface area contributed by atoms with Crippen LogP contribution < -0.4 is 5.32 Å². The van der Waals surface area contributed by atoms with Gasteiger partial charge >= 0.3 is 0 Å². The van der Waals surface area contributed by atoms with Crippen molar-refractivity contribution in [3.05, 3.63) is 71.8 Å². The lowest BCUT2D eigenvalue weighted by atomic mass is 10.0. The lowest BCUT2D eigenvalue weighted by molar-refractivity contribution is 0.168. The van der Waals surface area contributed by atoms with Crippen molar-refractivity contribution < 1.29 is 5.11 Å². The van der Waals surface area contributed by atoms with E-state index in [0.717, 1.165) is 18.4 Å². The van der Waals surface area contributed by atoms with Crippen LogP contribution in [-0.2, 0) is 6.42 Å². The highest BCUT2D eigenvalue weighted by molar-refractivity contribution is 5.18. The van der Waals surface area contributed by atoms with Gasteiger partial charge in [-0.3, -0.25) is 0 Å². The van der Waals surface area contributed by atoms with Crippen molar-refractivity contribution in [3.63, 3.8) is 0 Å². The zero-order valence-electron chi connectivity index (χ0n) is 13.4. The normalized spacial score (nSPS) is 13.7. The minimum absolute atomic E-state index is 0.417. The molecule has 0 fully saturated rings. The van der Waals surface area contributed by atoms with Gasteiger partial charge in [0.15, 0.2) is 0 Å². The maximum atomic E-state index is 10.3. The molecule has 2 rings (SSSR count). The smallest absolute Gasteiger partial charge is 0.0914 e. The van der Waals surface area contributed by atoms with Gasteiger partial charge in [-0.25, -0.2) is 0 Å². The van der Waals surface area contributed by atoms with E-state index in [-0.39, 0.29) is 0 Å². The molecule has 0 aliphatic rings. The van der Waals surface area contributed by atoms with Crippen LogP contribution in [0, 0.1) is 0 Å². The fourth-order valence-corrected chi connectivity index (χ4v) is 2.70. The molecular weight excluding hydrogens is 270 g/mol. The largest absolute Gasteiger partial charge is 0.387 e. The Kier molecular flexibility index (Phi) is 7.14. The van der Waals surface area contributed by atoms with Gasteiger partial charge in [-0.05, 0) is 24.0 Å². The average Bonchev–Trinajstić information content (AvgIpc) is 2.58. The first kappa shape index (κ1) is 16.7. The number of hydrogen-bond donors (Lipinski definition) is 2. The van der Waals surface area contributed by atoms with Crippen LogP contribution in [0.5, 0.6) is 0 Å².